The molecule has 1 saturated heterocycles. The highest BCUT2D eigenvalue weighted by molar-refractivity contribution is 6.77. The van der Waals surface area contributed by atoms with Gasteiger partial charge in [-0.05, 0) is 22.2 Å². The lowest BCUT2D eigenvalue weighted by Gasteiger charge is -2.43. The summed E-state index contributed by atoms with van der Waals surface area (Å²) in [6, 6.07) is 11.1. The summed E-state index contributed by atoms with van der Waals surface area (Å²) in [7, 11) is 0.379. The van der Waals surface area contributed by atoms with Crippen LogP contribution in [0.4, 0.5) is 0 Å². The second kappa shape index (κ2) is 9.47. The monoisotopic (exact) mass is 377 g/mol. The van der Waals surface area contributed by atoms with E-state index in [9.17, 15) is 0 Å². The Hall–Kier alpha value is -0.723. The Labute approximate surface area is 162 Å². The minimum Gasteiger partial charge on any atom is -0.414 e. The largest absolute Gasteiger partial charge is 0.414 e. The summed E-state index contributed by atoms with van der Waals surface area (Å²) in [5.41, 5.74) is 3.24. The Morgan fingerprint density at radius 2 is 1.65 bits per heavy atom. The zero-order valence-electron chi connectivity index (χ0n) is 17.8. The molecule has 26 heavy (non-hydrogen) atoms. The van der Waals surface area contributed by atoms with Gasteiger partial charge in [0.25, 0.3) is 0 Å². The molecule has 5 heteroatoms. The maximum atomic E-state index is 6.86. The fourth-order valence-electron chi connectivity index (χ4n) is 4.80. The second-order valence-corrected chi connectivity index (χ2v) is 14.1. The summed E-state index contributed by atoms with van der Waals surface area (Å²) in [4.78, 5) is 0. The Morgan fingerprint density at radius 3 is 2.19 bits per heavy atom. The van der Waals surface area contributed by atoms with Gasteiger partial charge in [0.05, 0.1) is 19.3 Å². The van der Waals surface area contributed by atoms with Crippen molar-refractivity contribution in [3.63, 3.8) is 0 Å². The first-order chi connectivity index (χ1) is 12.3. The van der Waals surface area contributed by atoms with Crippen LogP contribution in [0.3, 0.4) is 0 Å². The normalized spacial score (nSPS) is 19.4. The van der Waals surface area contributed by atoms with Gasteiger partial charge in [-0.15, -0.1) is 0 Å². The fourth-order valence-corrected chi connectivity index (χ4v) is 10.3. The molecule has 1 fully saturated rings. The highest BCUT2D eigenvalue weighted by Crippen LogP contribution is 2.42. The van der Waals surface area contributed by atoms with Crippen LogP contribution in [0.2, 0.25) is 16.6 Å². The average molecular weight is 378 g/mol. The van der Waals surface area contributed by atoms with E-state index in [4.69, 9.17) is 4.43 Å². The van der Waals surface area contributed by atoms with E-state index in [-0.39, 0.29) is 0 Å². The SMILES string of the molecule is CC(C)[Si](OC[C@@H]1CNCN1N(C)Cc1ccccc1)(C(C)C)C(C)C. The molecular weight excluding hydrogens is 338 g/mol. The third-order valence-corrected chi connectivity index (χ3v) is 12.1. The molecule has 1 N–H and O–H groups in total. The van der Waals surface area contributed by atoms with Crippen molar-refractivity contribution in [3.05, 3.63) is 35.9 Å². The first-order valence-electron chi connectivity index (χ1n) is 10.1. The van der Waals surface area contributed by atoms with Gasteiger partial charge >= 0.3 is 0 Å². The van der Waals surface area contributed by atoms with Crippen molar-refractivity contribution in [2.75, 3.05) is 26.9 Å². The molecule has 1 aliphatic rings. The standard InChI is InChI=1S/C21H39N3OSi/c1-17(2)26(18(3)4,19(5)6)25-15-21-13-22-16-24(21)23(7)14-20-11-9-8-10-12-20/h8-12,17-19,21-22H,13-16H2,1-7H3/t21-/m0/s1. The number of hydrazine groups is 1. The summed E-state index contributed by atoms with van der Waals surface area (Å²) >= 11 is 0. The summed E-state index contributed by atoms with van der Waals surface area (Å²) in [5.74, 6) is 0. The minimum atomic E-state index is -1.81. The van der Waals surface area contributed by atoms with Gasteiger partial charge in [0.2, 0.25) is 0 Å². The van der Waals surface area contributed by atoms with Crippen LogP contribution < -0.4 is 5.32 Å². The molecule has 1 aromatic carbocycles. The summed E-state index contributed by atoms with van der Waals surface area (Å²) in [6.07, 6.45) is 0. The quantitative estimate of drug-likeness (QED) is 0.643. The van der Waals surface area contributed by atoms with Crippen molar-refractivity contribution >= 4 is 8.32 Å². The number of rotatable bonds is 9. The Kier molecular flexibility index (Phi) is 7.86. The number of nitrogens with one attached hydrogen (secondary N) is 1. The van der Waals surface area contributed by atoms with Crippen LogP contribution in [0, 0.1) is 0 Å². The molecule has 0 bridgehead atoms. The topological polar surface area (TPSA) is 27.7 Å². The Balaban J connectivity index is 2.03. The van der Waals surface area contributed by atoms with E-state index in [0.717, 1.165) is 26.4 Å². The van der Waals surface area contributed by atoms with E-state index >= 15 is 0 Å². The molecular formula is C21H39N3OSi. The van der Waals surface area contributed by atoms with Gasteiger partial charge in [-0.1, -0.05) is 71.9 Å². The van der Waals surface area contributed by atoms with Gasteiger partial charge in [-0.3, -0.25) is 0 Å². The van der Waals surface area contributed by atoms with Crippen molar-refractivity contribution in [3.8, 4) is 0 Å². The smallest absolute Gasteiger partial charge is 0.200 e. The maximum absolute atomic E-state index is 6.86. The molecule has 1 aliphatic heterocycles. The van der Waals surface area contributed by atoms with E-state index in [1.807, 2.05) is 0 Å². The molecule has 0 spiro atoms. The van der Waals surface area contributed by atoms with Crippen LogP contribution in [0.1, 0.15) is 47.1 Å². The van der Waals surface area contributed by atoms with Crippen molar-refractivity contribution in [1.29, 1.82) is 0 Å². The molecule has 1 atom stereocenters. The van der Waals surface area contributed by atoms with Gasteiger partial charge in [0, 0.05) is 20.1 Å². The van der Waals surface area contributed by atoms with E-state index in [0.29, 0.717) is 22.7 Å². The minimum absolute atomic E-state index is 0.409. The van der Waals surface area contributed by atoms with E-state index in [1.54, 1.807) is 0 Å². The van der Waals surface area contributed by atoms with Gasteiger partial charge in [0.15, 0.2) is 8.32 Å². The molecule has 0 unspecified atom stereocenters. The molecule has 1 aromatic rings. The van der Waals surface area contributed by atoms with Crippen molar-refractivity contribution in [2.24, 2.45) is 0 Å². The van der Waals surface area contributed by atoms with Crippen LogP contribution >= 0.6 is 0 Å². The molecule has 0 radical (unpaired) electrons. The molecule has 148 valence electrons. The van der Waals surface area contributed by atoms with Crippen LogP contribution in [0.15, 0.2) is 30.3 Å². The maximum Gasteiger partial charge on any atom is 0.200 e. The molecule has 0 aliphatic carbocycles. The molecule has 0 amide bonds. The van der Waals surface area contributed by atoms with Gasteiger partial charge < -0.3 is 9.74 Å². The molecule has 0 aromatic heterocycles. The lowest BCUT2D eigenvalue weighted by molar-refractivity contribution is -0.0336. The highest BCUT2D eigenvalue weighted by Gasteiger charge is 2.46. The predicted octanol–water partition coefficient (Wildman–Crippen LogP) is 4.46. The lowest BCUT2D eigenvalue weighted by atomic mass is 10.2. The molecule has 0 saturated carbocycles. The number of benzene rings is 1. The second-order valence-electron chi connectivity index (χ2n) is 8.64. The van der Waals surface area contributed by atoms with Crippen LogP contribution in [-0.4, -0.2) is 51.2 Å². The Bertz CT molecular complexity index is 514. The number of hydrogen-bond donors (Lipinski definition) is 1. The Morgan fingerprint density at radius 1 is 1.08 bits per heavy atom. The zero-order valence-corrected chi connectivity index (χ0v) is 18.8. The molecule has 4 nitrogen and oxygen atoms in total. The van der Waals surface area contributed by atoms with Crippen molar-refractivity contribution in [2.45, 2.75) is 70.8 Å². The number of hydrogen-bond acceptors (Lipinski definition) is 4. The predicted molar refractivity (Wildman–Crippen MR) is 113 cm³/mol. The highest BCUT2D eigenvalue weighted by atomic mass is 28.4. The van der Waals surface area contributed by atoms with Crippen LogP contribution in [0.25, 0.3) is 0 Å². The van der Waals surface area contributed by atoms with E-state index in [1.165, 1.54) is 5.56 Å². The van der Waals surface area contributed by atoms with Crippen LogP contribution in [-0.2, 0) is 11.0 Å². The first-order valence-corrected chi connectivity index (χ1v) is 12.3. The summed E-state index contributed by atoms with van der Waals surface area (Å²) in [6.45, 7) is 17.8. The zero-order chi connectivity index (χ0) is 19.3. The molecule has 2 rings (SSSR count). The fraction of sp³-hybridized carbons (Fsp3) is 0.714. The first kappa shape index (κ1) is 21.6. The third kappa shape index (κ3) is 4.76. The lowest BCUT2D eigenvalue weighted by Crippen LogP contribution is -2.52. The summed E-state index contributed by atoms with van der Waals surface area (Å²) in [5, 5.41) is 8.31. The van der Waals surface area contributed by atoms with Crippen molar-refractivity contribution in [1.82, 2.24) is 15.3 Å². The van der Waals surface area contributed by atoms with Crippen LogP contribution in [0.5, 0.6) is 0 Å². The van der Waals surface area contributed by atoms with Gasteiger partial charge in [-0.25, -0.2) is 10.0 Å². The van der Waals surface area contributed by atoms with Gasteiger partial charge in [-0.2, -0.15) is 0 Å². The molecule has 1 heterocycles. The van der Waals surface area contributed by atoms with Crippen molar-refractivity contribution < 1.29 is 4.43 Å². The van der Waals surface area contributed by atoms with Gasteiger partial charge in [0.1, 0.15) is 0 Å². The van der Waals surface area contributed by atoms with E-state index in [2.05, 4.69) is 94.3 Å². The average Bonchev–Trinajstić information content (AvgIpc) is 3.04. The third-order valence-electron chi connectivity index (χ3n) is 6.00. The van der Waals surface area contributed by atoms with E-state index < -0.39 is 8.32 Å². The number of nitrogens with zero attached hydrogens (tertiary/aromatic N) is 2. The summed E-state index contributed by atoms with van der Waals surface area (Å²) < 4.78 is 6.86.